The number of hydrogen-bond acceptors (Lipinski definition) is 4. The normalized spacial score (nSPS) is 10.5. The lowest BCUT2D eigenvalue weighted by atomic mass is 10.2. The van der Waals surface area contributed by atoms with Gasteiger partial charge in [0.15, 0.2) is 5.78 Å². The quantitative estimate of drug-likeness (QED) is 0.620. The van der Waals surface area contributed by atoms with Gasteiger partial charge in [-0.1, -0.05) is 0 Å². The Balaban J connectivity index is 2.19. The number of Topliss-reactive ketones (excluding diaryl/α,β-unsaturated/α-hetero) is 1. The highest BCUT2D eigenvalue weighted by molar-refractivity contribution is 9.11. The van der Waals surface area contributed by atoms with Gasteiger partial charge in [0.05, 0.1) is 8.66 Å². The molecule has 0 unspecified atom stereocenters. The lowest BCUT2D eigenvalue weighted by Crippen LogP contribution is -2.20. The number of halogens is 1. The van der Waals surface area contributed by atoms with Gasteiger partial charge in [-0.05, 0) is 34.3 Å². The molecule has 1 aromatic rings. The van der Waals surface area contributed by atoms with Crippen LogP contribution in [-0.4, -0.2) is 30.9 Å². The summed E-state index contributed by atoms with van der Waals surface area (Å²) in [5.41, 5.74) is 0. The maximum absolute atomic E-state index is 11.6. The lowest BCUT2D eigenvalue weighted by Gasteiger charge is -2.01. The van der Waals surface area contributed by atoms with Crippen LogP contribution in [0, 0.1) is 0 Å². The molecule has 1 aromatic heterocycles. The van der Waals surface area contributed by atoms with E-state index >= 15 is 0 Å². The van der Waals surface area contributed by atoms with Gasteiger partial charge < -0.3 is 5.32 Å². The Morgan fingerprint density at radius 3 is 2.93 bits per heavy atom. The van der Waals surface area contributed by atoms with Crippen molar-refractivity contribution in [2.45, 2.75) is 6.42 Å². The van der Waals surface area contributed by atoms with E-state index in [0.29, 0.717) is 6.42 Å². The lowest BCUT2D eigenvalue weighted by molar-refractivity contribution is 0.0986. The molecule has 5 heteroatoms. The monoisotopic (exact) mass is 307 g/mol. The predicted octanol–water partition coefficient (Wildman–Crippen LogP) is 3.04. The molecule has 2 nitrogen and oxygen atoms in total. The second-order valence-corrected chi connectivity index (χ2v) is 6.47. The van der Waals surface area contributed by atoms with Crippen molar-refractivity contribution in [3.63, 3.8) is 0 Å². The van der Waals surface area contributed by atoms with Gasteiger partial charge in [0.1, 0.15) is 0 Å². The number of ketones is 1. The number of rotatable bonds is 7. The summed E-state index contributed by atoms with van der Waals surface area (Å²) in [5.74, 6) is 1.32. The van der Waals surface area contributed by atoms with Gasteiger partial charge >= 0.3 is 0 Å². The molecule has 1 rings (SSSR count). The van der Waals surface area contributed by atoms with E-state index in [2.05, 4.69) is 27.5 Å². The fourth-order valence-corrected chi connectivity index (χ4v) is 2.79. The van der Waals surface area contributed by atoms with Crippen molar-refractivity contribution in [3.8, 4) is 0 Å². The maximum Gasteiger partial charge on any atom is 0.174 e. The second kappa shape index (κ2) is 7.44. The number of hydrogen-bond donors (Lipinski definition) is 1. The summed E-state index contributed by atoms with van der Waals surface area (Å²) >= 11 is 6.66. The van der Waals surface area contributed by atoms with E-state index in [1.807, 2.05) is 23.9 Å². The zero-order chi connectivity index (χ0) is 11.1. The van der Waals surface area contributed by atoms with Crippen molar-refractivity contribution in [2.24, 2.45) is 0 Å². The summed E-state index contributed by atoms with van der Waals surface area (Å²) in [4.78, 5) is 12.5. The van der Waals surface area contributed by atoms with E-state index in [4.69, 9.17) is 0 Å². The molecule has 0 aliphatic rings. The smallest absolute Gasteiger partial charge is 0.174 e. The topological polar surface area (TPSA) is 29.1 Å². The Morgan fingerprint density at radius 2 is 2.33 bits per heavy atom. The van der Waals surface area contributed by atoms with E-state index in [-0.39, 0.29) is 5.78 Å². The number of carbonyl (C=O) groups excluding carboxylic acids is 1. The van der Waals surface area contributed by atoms with Crippen LogP contribution in [0.3, 0.4) is 0 Å². The van der Waals surface area contributed by atoms with Crippen molar-refractivity contribution >= 4 is 44.8 Å². The first-order valence-electron chi connectivity index (χ1n) is 4.72. The fraction of sp³-hybridized carbons (Fsp3) is 0.500. The highest BCUT2D eigenvalue weighted by atomic mass is 79.9. The molecule has 1 N–H and O–H groups in total. The van der Waals surface area contributed by atoms with Crippen LogP contribution >= 0.6 is 39.0 Å². The standard InChI is InChI=1S/C10H14BrNOS2/c1-14-7-6-12-5-4-8(13)9-2-3-10(11)15-9/h2-3,12H,4-7H2,1H3. The largest absolute Gasteiger partial charge is 0.315 e. The Bertz CT molecular complexity index is 314. The van der Waals surface area contributed by atoms with Crippen LogP contribution in [0.5, 0.6) is 0 Å². The summed E-state index contributed by atoms with van der Waals surface area (Å²) in [6.07, 6.45) is 2.66. The van der Waals surface area contributed by atoms with Gasteiger partial charge in [0.2, 0.25) is 0 Å². The molecule has 0 saturated carbocycles. The minimum absolute atomic E-state index is 0.224. The summed E-state index contributed by atoms with van der Waals surface area (Å²) in [6, 6.07) is 3.79. The van der Waals surface area contributed by atoms with Crippen molar-refractivity contribution in [1.82, 2.24) is 5.32 Å². The molecule has 84 valence electrons. The molecule has 0 amide bonds. The maximum atomic E-state index is 11.6. The van der Waals surface area contributed by atoms with Crippen LogP contribution in [0.25, 0.3) is 0 Å². The minimum Gasteiger partial charge on any atom is -0.315 e. The zero-order valence-corrected chi connectivity index (χ0v) is 11.8. The van der Waals surface area contributed by atoms with Crippen LogP contribution < -0.4 is 5.32 Å². The highest BCUT2D eigenvalue weighted by Gasteiger charge is 2.07. The zero-order valence-electron chi connectivity index (χ0n) is 8.59. The number of thioether (sulfide) groups is 1. The van der Waals surface area contributed by atoms with Crippen molar-refractivity contribution in [1.29, 1.82) is 0 Å². The SMILES string of the molecule is CSCCNCCC(=O)c1ccc(Br)s1. The van der Waals surface area contributed by atoms with Crippen LogP contribution in [0.4, 0.5) is 0 Å². The van der Waals surface area contributed by atoms with Gasteiger partial charge in [-0.25, -0.2) is 0 Å². The first-order chi connectivity index (χ1) is 7.24. The van der Waals surface area contributed by atoms with Crippen molar-refractivity contribution in [3.05, 3.63) is 20.8 Å². The molecule has 0 saturated heterocycles. The fourth-order valence-electron chi connectivity index (χ4n) is 1.09. The Kier molecular flexibility index (Phi) is 6.56. The molecule has 15 heavy (non-hydrogen) atoms. The summed E-state index contributed by atoms with van der Waals surface area (Å²) in [6.45, 7) is 1.75. The van der Waals surface area contributed by atoms with Crippen molar-refractivity contribution < 1.29 is 4.79 Å². The molecule has 0 aliphatic carbocycles. The number of carbonyl (C=O) groups is 1. The van der Waals surface area contributed by atoms with Crippen molar-refractivity contribution in [2.75, 3.05) is 25.1 Å². The summed E-state index contributed by atoms with van der Waals surface area (Å²) in [7, 11) is 0. The van der Waals surface area contributed by atoms with Crippen LogP contribution in [-0.2, 0) is 0 Å². The first kappa shape index (κ1) is 13.2. The van der Waals surface area contributed by atoms with E-state index in [1.165, 1.54) is 11.3 Å². The van der Waals surface area contributed by atoms with Gasteiger partial charge in [-0.2, -0.15) is 11.8 Å². The molecule has 0 radical (unpaired) electrons. The van der Waals surface area contributed by atoms with Crippen LogP contribution in [0.2, 0.25) is 0 Å². The van der Waals surface area contributed by atoms with Gasteiger partial charge in [-0.15, -0.1) is 11.3 Å². The third-order valence-electron chi connectivity index (χ3n) is 1.86. The Morgan fingerprint density at radius 1 is 1.53 bits per heavy atom. The summed E-state index contributed by atoms with van der Waals surface area (Å²) < 4.78 is 1.01. The minimum atomic E-state index is 0.224. The Hall–Kier alpha value is 0.160. The van der Waals surface area contributed by atoms with E-state index in [1.54, 1.807) is 0 Å². The van der Waals surface area contributed by atoms with Gasteiger partial charge in [-0.3, -0.25) is 4.79 Å². The van der Waals surface area contributed by atoms with Crippen LogP contribution in [0.15, 0.2) is 15.9 Å². The average molecular weight is 308 g/mol. The first-order valence-corrected chi connectivity index (χ1v) is 7.72. The molecule has 0 fully saturated rings. The molecule has 0 aromatic carbocycles. The molecule has 0 spiro atoms. The third kappa shape index (κ3) is 5.15. The highest BCUT2D eigenvalue weighted by Crippen LogP contribution is 2.22. The molecular formula is C10H14BrNOS2. The van der Waals surface area contributed by atoms with Gasteiger partial charge in [0, 0.05) is 25.3 Å². The summed E-state index contributed by atoms with van der Waals surface area (Å²) in [5, 5.41) is 3.25. The van der Waals surface area contributed by atoms with Gasteiger partial charge in [0.25, 0.3) is 0 Å². The number of thiophene rings is 1. The third-order valence-corrected chi connectivity index (χ3v) is 4.14. The Labute approximate surface area is 107 Å². The van der Waals surface area contributed by atoms with Crippen LogP contribution in [0.1, 0.15) is 16.1 Å². The number of nitrogens with one attached hydrogen (secondary N) is 1. The molecular weight excluding hydrogens is 294 g/mol. The average Bonchev–Trinajstić information content (AvgIpc) is 2.64. The van der Waals surface area contributed by atoms with E-state index < -0.39 is 0 Å². The van der Waals surface area contributed by atoms with E-state index in [9.17, 15) is 4.79 Å². The predicted molar refractivity (Wildman–Crippen MR) is 72.2 cm³/mol. The molecule has 0 bridgehead atoms. The van der Waals surface area contributed by atoms with E-state index in [0.717, 1.165) is 27.5 Å². The molecule has 0 aliphatic heterocycles. The molecule has 0 atom stereocenters. The molecule has 1 heterocycles. The second-order valence-electron chi connectivity index (χ2n) is 3.02.